The Bertz CT molecular complexity index is 305. The maximum absolute atomic E-state index is 11.7. The second-order valence-corrected chi connectivity index (χ2v) is 6.88. The zero-order chi connectivity index (χ0) is 12.2. The van der Waals surface area contributed by atoms with Gasteiger partial charge in [-0.2, -0.15) is 0 Å². The van der Waals surface area contributed by atoms with Crippen LogP contribution in [0.4, 0.5) is 0 Å². The van der Waals surface area contributed by atoms with E-state index in [0.29, 0.717) is 12.3 Å². The number of hydrogen-bond donors (Lipinski definition) is 2. The van der Waals surface area contributed by atoms with Crippen LogP contribution >= 0.6 is 0 Å². The second kappa shape index (κ2) is 5.47. The largest absolute Gasteiger partial charge is 0.394 e. The fourth-order valence-corrected chi connectivity index (χ4v) is 3.82. The Morgan fingerprint density at radius 2 is 1.94 bits per heavy atom. The van der Waals surface area contributed by atoms with Crippen LogP contribution in [0.1, 0.15) is 46.0 Å². The highest BCUT2D eigenvalue weighted by Crippen LogP contribution is 2.32. The Kier molecular flexibility index (Phi) is 4.76. The van der Waals surface area contributed by atoms with Crippen LogP contribution < -0.4 is 4.72 Å². The van der Waals surface area contributed by atoms with E-state index in [9.17, 15) is 13.5 Å². The number of sulfonamides is 1. The van der Waals surface area contributed by atoms with E-state index in [1.165, 1.54) is 0 Å². The van der Waals surface area contributed by atoms with Gasteiger partial charge < -0.3 is 5.11 Å². The molecule has 0 atom stereocenters. The van der Waals surface area contributed by atoms with Gasteiger partial charge in [0.1, 0.15) is 0 Å². The van der Waals surface area contributed by atoms with Crippen LogP contribution in [0, 0.1) is 5.92 Å². The Morgan fingerprint density at radius 1 is 1.38 bits per heavy atom. The van der Waals surface area contributed by atoms with Crippen LogP contribution in [-0.2, 0) is 10.0 Å². The van der Waals surface area contributed by atoms with Crippen molar-refractivity contribution >= 4 is 10.0 Å². The molecule has 1 rings (SSSR count). The van der Waals surface area contributed by atoms with Gasteiger partial charge in [0.05, 0.1) is 17.9 Å². The third-order valence-electron chi connectivity index (χ3n) is 3.38. The minimum absolute atomic E-state index is 0.0946. The molecule has 0 unspecified atom stereocenters. The molecule has 5 heteroatoms. The summed E-state index contributed by atoms with van der Waals surface area (Å²) in [4.78, 5) is 0. The molecule has 1 aliphatic rings. The first-order valence-corrected chi connectivity index (χ1v) is 7.71. The third-order valence-corrected chi connectivity index (χ3v) is 5.07. The molecule has 0 aromatic carbocycles. The summed E-state index contributed by atoms with van der Waals surface area (Å²) in [5, 5.41) is 9.43. The molecule has 0 aromatic rings. The van der Waals surface area contributed by atoms with Gasteiger partial charge in [-0.3, -0.25) is 0 Å². The second-order valence-electron chi connectivity index (χ2n) is 5.04. The summed E-state index contributed by atoms with van der Waals surface area (Å²) in [6.45, 7) is 3.91. The Hall–Kier alpha value is -0.130. The quantitative estimate of drug-likeness (QED) is 0.771. The summed E-state index contributed by atoms with van der Waals surface area (Å²) in [6.07, 6.45) is 4.05. The molecule has 16 heavy (non-hydrogen) atoms. The summed E-state index contributed by atoms with van der Waals surface area (Å²) in [7, 11) is -3.23. The lowest BCUT2D eigenvalue weighted by Crippen LogP contribution is -2.53. The molecule has 0 bridgehead atoms. The Labute approximate surface area is 98.5 Å². The minimum Gasteiger partial charge on any atom is -0.394 e. The van der Waals surface area contributed by atoms with E-state index in [1.54, 1.807) is 0 Å². The van der Waals surface area contributed by atoms with Crippen LogP contribution in [-0.4, -0.2) is 31.4 Å². The molecule has 0 heterocycles. The van der Waals surface area contributed by atoms with Crippen molar-refractivity contribution in [2.24, 2.45) is 5.92 Å². The van der Waals surface area contributed by atoms with Crippen LogP contribution in [0.3, 0.4) is 0 Å². The first-order valence-electron chi connectivity index (χ1n) is 6.05. The predicted molar refractivity (Wildman–Crippen MR) is 64.7 cm³/mol. The van der Waals surface area contributed by atoms with Gasteiger partial charge in [0.15, 0.2) is 0 Å². The van der Waals surface area contributed by atoms with Gasteiger partial charge in [-0.05, 0) is 38.0 Å². The lowest BCUT2D eigenvalue weighted by Gasteiger charge is -2.38. The SMILES string of the molecule is CCCS(=O)(=O)NC1(CO)CCC(C)CC1. The highest BCUT2D eigenvalue weighted by molar-refractivity contribution is 7.89. The Balaban J connectivity index is 2.67. The molecule has 0 amide bonds. The van der Waals surface area contributed by atoms with Crippen LogP contribution in [0.2, 0.25) is 0 Å². The number of hydrogen-bond acceptors (Lipinski definition) is 3. The fraction of sp³-hybridized carbons (Fsp3) is 1.00. The molecule has 0 aliphatic heterocycles. The van der Waals surface area contributed by atoms with E-state index in [4.69, 9.17) is 0 Å². The number of rotatable bonds is 5. The van der Waals surface area contributed by atoms with E-state index >= 15 is 0 Å². The standard InChI is InChI=1S/C11H23NO3S/c1-3-8-16(14,15)12-11(9-13)6-4-10(2)5-7-11/h10,12-13H,3-9H2,1-2H3. The first-order chi connectivity index (χ1) is 7.43. The smallest absolute Gasteiger partial charge is 0.212 e. The third kappa shape index (κ3) is 3.71. The van der Waals surface area contributed by atoms with E-state index in [0.717, 1.165) is 25.7 Å². The van der Waals surface area contributed by atoms with Gasteiger partial charge in [-0.1, -0.05) is 13.8 Å². The molecule has 0 spiro atoms. The van der Waals surface area contributed by atoms with Gasteiger partial charge in [-0.15, -0.1) is 0 Å². The molecular formula is C11H23NO3S. The average molecular weight is 249 g/mol. The molecule has 0 aromatic heterocycles. The highest BCUT2D eigenvalue weighted by Gasteiger charge is 2.36. The summed E-state index contributed by atoms with van der Waals surface area (Å²) < 4.78 is 26.1. The normalized spacial score (nSPS) is 31.6. The van der Waals surface area contributed by atoms with Crippen LogP contribution in [0.25, 0.3) is 0 Å². The van der Waals surface area contributed by atoms with Gasteiger partial charge in [0, 0.05) is 0 Å². The van der Waals surface area contributed by atoms with Crippen molar-refractivity contribution in [3.8, 4) is 0 Å². The molecule has 96 valence electrons. The van der Waals surface area contributed by atoms with Crippen molar-refractivity contribution in [3.63, 3.8) is 0 Å². The van der Waals surface area contributed by atoms with Crippen molar-refractivity contribution in [1.29, 1.82) is 0 Å². The van der Waals surface area contributed by atoms with Gasteiger partial charge in [0.2, 0.25) is 10.0 Å². The highest BCUT2D eigenvalue weighted by atomic mass is 32.2. The molecule has 1 aliphatic carbocycles. The van der Waals surface area contributed by atoms with Crippen molar-refractivity contribution in [2.45, 2.75) is 51.5 Å². The van der Waals surface area contributed by atoms with Crippen LogP contribution in [0.5, 0.6) is 0 Å². The van der Waals surface area contributed by atoms with Gasteiger partial charge >= 0.3 is 0 Å². The monoisotopic (exact) mass is 249 g/mol. The van der Waals surface area contributed by atoms with Crippen molar-refractivity contribution in [1.82, 2.24) is 4.72 Å². The molecule has 0 radical (unpaired) electrons. The molecular weight excluding hydrogens is 226 g/mol. The summed E-state index contributed by atoms with van der Waals surface area (Å²) in [5.74, 6) is 0.778. The molecule has 2 N–H and O–H groups in total. The van der Waals surface area contributed by atoms with Crippen molar-refractivity contribution in [2.75, 3.05) is 12.4 Å². The maximum atomic E-state index is 11.7. The first kappa shape index (κ1) is 13.9. The fourth-order valence-electron chi connectivity index (χ4n) is 2.26. The molecule has 1 saturated carbocycles. The molecule has 0 saturated heterocycles. The molecule has 4 nitrogen and oxygen atoms in total. The van der Waals surface area contributed by atoms with Gasteiger partial charge in [-0.25, -0.2) is 13.1 Å². The zero-order valence-corrected chi connectivity index (χ0v) is 11.0. The number of nitrogens with one attached hydrogen (secondary N) is 1. The van der Waals surface area contributed by atoms with E-state index < -0.39 is 15.6 Å². The predicted octanol–water partition coefficient (Wildman–Crippen LogP) is 1.26. The Morgan fingerprint density at radius 3 is 2.38 bits per heavy atom. The zero-order valence-electron chi connectivity index (χ0n) is 10.2. The number of aliphatic hydroxyl groups excluding tert-OH is 1. The lowest BCUT2D eigenvalue weighted by molar-refractivity contribution is 0.125. The van der Waals surface area contributed by atoms with Gasteiger partial charge in [0.25, 0.3) is 0 Å². The summed E-state index contributed by atoms with van der Waals surface area (Å²) in [6, 6.07) is 0. The van der Waals surface area contributed by atoms with E-state index in [1.807, 2.05) is 6.92 Å². The van der Waals surface area contributed by atoms with Crippen LogP contribution in [0.15, 0.2) is 0 Å². The summed E-state index contributed by atoms with van der Waals surface area (Å²) in [5.41, 5.74) is -0.597. The summed E-state index contributed by atoms with van der Waals surface area (Å²) >= 11 is 0. The average Bonchev–Trinajstić information content (AvgIpc) is 2.21. The number of aliphatic hydroxyl groups is 1. The maximum Gasteiger partial charge on any atom is 0.212 e. The lowest BCUT2D eigenvalue weighted by atomic mass is 9.78. The van der Waals surface area contributed by atoms with Crippen molar-refractivity contribution < 1.29 is 13.5 Å². The van der Waals surface area contributed by atoms with E-state index in [-0.39, 0.29) is 12.4 Å². The van der Waals surface area contributed by atoms with E-state index in [2.05, 4.69) is 11.6 Å². The molecule has 1 fully saturated rings. The topological polar surface area (TPSA) is 66.4 Å². The van der Waals surface area contributed by atoms with Crippen molar-refractivity contribution in [3.05, 3.63) is 0 Å². The minimum atomic E-state index is -3.23.